The maximum absolute atomic E-state index is 10.7. The van der Waals surface area contributed by atoms with Crippen molar-refractivity contribution in [2.45, 2.75) is 11.8 Å². The van der Waals surface area contributed by atoms with Gasteiger partial charge >= 0.3 is 0 Å². The Balaban J connectivity index is 3.25. The van der Waals surface area contributed by atoms with Gasteiger partial charge in [-0.15, -0.1) is 11.8 Å². The second kappa shape index (κ2) is 5.23. The van der Waals surface area contributed by atoms with Gasteiger partial charge in [0.15, 0.2) is 0 Å². The number of nitro groups is 1. The number of hydrogen-bond acceptors (Lipinski definition) is 4. The average molecular weight is 248 g/mol. The van der Waals surface area contributed by atoms with Crippen molar-refractivity contribution in [2.24, 2.45) is 0 Å². The predicted molar refractivity (Wildman–Crippen MR) is 61.1 cm³/mol. The smallest absolute Gasteiger partial charge is 0.284 e. The Morgan fingerprint density at radius 1 is 1.60 bits per heavy atom. The van der Waals surface area contributed by atoms with E-state index in [1.807, 2.05) is 6.92 Å². The Hall–Kier alpha value is -0.940. The van der Waals surface area contributed by atoms with Gasteiger partial charge in [-0.3, -0.25) is 10.1 Å². The molecule has 6 heteroatoms. The molecule has 82 valence electrons. The Morgan fingerprint density at radius 2 is 2.27 bits per heavy atom. The van der Waals surface area contributed by atoms with Crippen molar-refractivity contribution in [2.75, 3.05) is 12.9 Å². The molecule has 0 bridgehead atoms. The summed E-state index contributed by atoms with van der Waals surface area (Å²) in [6, 6.07) is 2.91. The number of nitrogens with zero attached hydrogens (tertiary/aromatic N) is 1. The summed E-state index contributed by atoms with van der Waals surface area (Å²) >= 11 is 7.20. The van der Waals surface area contributed by atoms with Gasteiger partial charge < -0.3 is 4.74 Å². The van der Waals surface area contributed by atoms with Crippen LogP contribution in [0.25, 0.3) is 0 Å². The standard InChI is InChI=1S/C9H10ClNO3S/c1-3-15-9-5-8(14-2)6(10)4-7(9)11(12)13/h4-5H,3H2,1-2H3. The van der Waals surface area contributed by atoms with E-state index in [2.05, 4.69) is 0 Å². The quantitative estimate of drug-likeness (QED) is 0.465. The van der Waals surface area contributed by atoms with Gasteiger partial charge in [-0.1, -0.05) is 18.5 Å². The largest absolute Gasteiger partial charge is 0.495 e. The number of thioether (sulfide) groups is 1. The summed E-state index contributed by atoms with van der Waals surface area (Å²) in [4.78, 5) is 10.9. The molecule has 0 atom stereocenters. The van der Waals surface area contributed by atoms with Crippen molar-refractivity contribution >= 4 is 29.1 Å². The zero-order valence-electron chi connectivity index (χ0n) is 8.32. The van der Waals surface area contributed by atoms with E-state index in [9.17, 15) is 10.1 Å². The van der Waals surface area contributed by atoms with Crippen molar-refractivity contribution in [1.82, 2.24) is 0 Å². The second-order valence-electron chi connectivity index (χ2n) is 2.64. The summed E-state index contributed by atoms with van der Waals surface area (Å²) in [6.45, 7) is 1.93. The Morgan fingerprint density at radius 3 is 2.73 bits per heavy atom. The monoisotopic (exact) mass is 247 g/mol. The van der Waals surface area contributed by atoms with Crippen LogP contribution in [-0.2, 0) is 0 Å². The normalized spacial score (nSPS) is 10.1. The maximum atomic E-state index is 10.7. The van der Waals surface area contributed by atoms with E-state index in [-0.39, 0.29) is 10.7 Å². The zero-order valence-corrected chi connectivity index (χ0v) is 9.89. The first-order valence-electron chi connectivity index (χ1n) is 4.24. The van der Waals surface area contributed by atoms with Crippen LogP contribution in [0, 0.1) is 10.1 Å². The summed E-state index contributed by atoms with van der Waals surface area (Å²) in [5.74, 6) is 1.21. The van der Waals surface area contributed by atoms with Gasteiger partial charge in [-0.05, 0) is 5.75 Å². The third-order valence-electron chi connectivity index (χ3n) is 1.73. The van der Waals surface area contributed by atoms with Crippen LogP contribution < -0.4 is 4.74 Å². The Labute approximate surface area is 96.7 Å². The summed E-state index contributed by atoms with van der Waals surface area (Å²) in [6.07, 6.45) is 0. The van der Waals surface area contributed by atoms with Crippen LogP contribution in [0.2, 0.25) is 5.02 Å². The second-order valence-corrected chi connectivity index (χ2v) is 4.36. The minimum absolute atomic E-state index is 0.0210. The number of methoxy groups -OCH3 is 1. The zero-order chi connectivity index (χ0) is 11.4. The van der Waals surface area contributed by atoms with E-state index in [0.717, 1.165) is 5.75 Å². The minimum Gasteiger partial charge on any atom is -0.495 e. The van der Waals surface area contributed by atoms with Crippen LogP contribution >= 0.6 is 23.4 Å². The molecule has 0 saturated carbocycles. The Bertz CT molecular complexity index is 384. The van der Waals surface area contributed by atoms with E-state index < -0.39 is 4.92 Å². The van der Waals surface area contributed by atoms with E-state index in [1.54, 1.807) is 6.07 Å². The fraction of sp³-hybridized carbons (Fsp3) is 0.333. The molecule has 0 radical (unpaired) electrons. The number of benzene rings is 1. The molecule has 0 aliphatic heterocycles. The Kier molecular flexibility index (Phi) is 4.23. The van der Waals surface area contributed by atoms with Gasteiger partial charge in [0.25, 0.3) is 5.69 Å². The van der Waals surface area contributed by atoms with Gasteiger partial charge in [-0.2, -0.15) is 0 Å². The number of ether oxygens (including phenoxy) is 1. The predicted octanol–water partition coefficient (Wildman–Crippen LogP) is 3.37. The molecule has 0 spiro atoms. The number of halogens is 1. The van der Waals surface area contributed by atoms with Crippen molar-refractivity contribution in [1.29, 1.82) is 0 Å². The summed E-state index contributed by atoms with van der Waals surface area (Å²) < 4.78 is 5.00. The van der Waals surface area contributed by atoms with E-state index in [4.69, 9.17) is 16.3 Å². The minimum atomic E-state index is -0.441. The van der Waals surface area contributed by atoms with Crippen molar-refractivity contribution in [3.63, 3.8) is 0 Å². The van der Waals surface area contributed by atoms with Crippen LogP contribution in [0.15, 0.2) is 17.0 Å². The number of rotatable bonds is 4. The molecular formula is C9H10ClNO3S. The summed E-state index contributed by atoms with van der Waals surface area (Å²) in [5, 5.41) is 11.0. The van der Waals surface area contributed by atoms with E-state index in [1.165, 1.54) is 24.9 Å². The lowest BCUT2D eigenvalue weighted by atomic mass is 10.3. The molecule has 1 aromatic rings. The lowest BCUT2D eigenvalue weighted by molar-refractivity contribution is -0.387. The van der Waals surface area contributed by atoms with Crippen LogP contribution in [0.4, 0.5) is 5.69 Å². The molecule has 0 saturated heterocycles. The first kappa shape index (κ1) is 12.1. The fourth-order valence-electron chi connectivity index (χ4n) is 1.09. The molecule has 0 aliphatic carbocycles. The first-order chi connectivity index (χ1) is 7.10. The molecule has 15 heavy (non-hydrogen) atoms. The lowest BCUT2D eigenvalue weighted by Crippen LogP contribution is -1.93. The lowest BCUT2D eigenvalue weighted by Gasteiger charge is -2.06. The molecule has 0 unspecified atom stereocenters. The molecule has 4 nitrogen and oxygen atoms in total. The highest BCUT2D eigenvalue weighted by Gasteiger charge is 2.17. The molecule has 0 aliphatic rings. The first-order valence-corrected chi connectivity index (χ1v) is 5.61. The topological polar surface area (TPSA) is 52.4 Å². The third-order valence-corrected chi connectivity index (χ3v) is 2.95. The molecule has 0 amide bonds. The van der Waals surface area contributed by atoms with Crippen molar-refractivity contribution in [3.05, 3.63) is 27.3 Å². The van der Waals surface area contributed by atoms with Gasteiger partial charge in [0.1, 0.15) is 5.75 Å². The van der Waals surface area contributed by atoms with Crippen molar-refractivity contribution < 1.29 is 9.66 Å². The molecule has 0 aromatic heterocycles. The highest BCUT2D eigenvalue weighted by atomic mass is 35.5. The number of hydrogen-bond donors (Lipinski definition) is 0. The van der Waals surface area contributed by atoms with Gasteiger partial charge in [0.05, 0.1) is 22.0 Å². The molecular weight excluding hydrogens is 238 g/mol. The van der Waals surface area contributed by atoms with Crippen LogP contribution in [0.3, 0.4) is 0 Å². The van der Waals surface area contributed by atoms with Gasteiger partial charge in [0, 0.05) is 12.1 Å². The van der Waals surface area contributed by atoms with Crippen molar-refractivity contribution in [3.8, 4) is 5.75 Å². The van der Waals surface area contributed by atoms with Crippen LogP contribution in [0.1, 0.15) is 6.92 Å². The van der Waals surface area contributed by atoms with Crippen LogP contribution in [0.5, 0.6) is 5.75 Å². The third kappa shape index (κ3) is 2.76. The highest BCUT2D eigenvalue weighted by molar-refractivity contribution is 7.99. The van der Waals surface area contributed by atoms with Gasteiger partial charge in [0.2, 0.25) is 0 Å². The average Bonchev–Trinajstić information content (AvgIpc) is 2.20. The summed E-state index contributed by atoms with van der Waals surface area (Å²) in [7, 11) is 1.48. The molecule has 1 aromatic carbocycles. The van der Waals surface area contributed by atoms with E-state index >= 15 is 0 Å². The van der Waals surface area contributed by atoms with Gasteiger partial charge in [-0.25, -0.2) is 0 Å². The maximum Gasteiger partial charge on any atom is 0.284 e. The van der Waals surface area contributed by atoms with Crippen LogP contribution in [-0.4, -0.2) is 17.8 Å². The fourth-order valence-corrected chi connectivity index (χ4v) is 2.11. The molecule has 1 rings (SSSR count). The molecule has 0 heterocycles. The van der Waals surface area contributed by atoms with E-state index in [0.29, 0.717) is 10.6 Å². The SMILES string of the molecule is CCSc1cc(OC)c(Cl)cc1[N+](=O)[O-]. The molecule has 0 fully saturated rings. The molecule has 0 N–H and O–H groups in total. The number of nitro benzene ring substituents is 1. The summed E-state index contributed by atoms with van der Waals surface area (Å²) in [5.41, 5.74) is 0.0210. The highest BCUT2D eigenvalue weighted by Crippen LogP contribution is 2.37.